The number of carbonyl (C=O) groups excluding carboxylic acids is 1. The van der Waals surface area contributed by atoms with Gasteiger partial charge in [0, 0.05) is 0 Å². The van der Waals surface area contributed by atoms with Gasteiger partial charge in [-0.2, -0.15) is 13.2 Å². The molecular weight excluding hydrogens is 221 g/mol. The van der Waals surface area contributed by atoms with Crippen molar-refractivity contribution in [1.82, 2.24) is 0 Å². The number of benzene rings is 1. The fourth-order valence-electron chi connectivity index (χ4n) is 1.28. The zero-order valence-corrected chi connectivity index (χ0v) is 8.89. The quantitative estimate of drug-likeness (QED) is 0.732. The Morgan fingerprint density at radius 1 is 1.31 bits per heavy atom. The molecule has 16 heavy (non-hydrogen) atoms. The van der Waals surface area contributed by atoms with Gasteiger partial charge < -0.3 is 4.74 Å². The summed E-state index contributed by atoms with van der Waals surface area (Å²) in [5.41, 5.74) is -0.539. The molecule has 2 nitrogen and oxygen atoms in total. The molecule has 1 aromatic rings. The summed E-state index contributed by atoms with van der Waals surface area (Å²) >= 11 is 0. The van der Waals surface area contributed by atoms with Crippen molar-refractivity contribution in [1.29, 1.82) is 0 Å². The van der Waals surface area contributed by atoms with Crippen molar-refractivity contribution in [3.63, 3.8) is 0 Å². The van der Waals surface area contributed by atoms with E-state index in [4.69, 9.17) is 0 Å². The number of halogens is 3. The second kappa shape index (κ2) is 4.55. The highest BCUT2D eigenvalue weighted by atomic mass is 19.4. The molecule has 0 saturated carbocycles. The first-order chi connectivity index (χ1) is 7.34. The molecule has 0 aliphatic heterocycles. The third kappa shape index (κ3) is 2.98. The van der Waals surface area contributed by atoms with Gasteiger partial charge in [-0.05, 0) is 37.6 Å². The van der Waals surface area contributed by atoms with Crippen LogP contribution in [0.3, 0.4) is 0 Å². The lowest BCUT2D eigenvalue weighted by molar-refractivity contribution is -0.137. The Balaban J connectivity index is 3.13. The van der Waals surface area contributed by atoms with E-state index in [1.165, 1.54) is 13.0 Å². The third-order valence-electron chi connectivity index (χ3n) is 1.92. The number of carbonyl (C=O) groups is 1. The van der Waals surface area contributed by atoms with E-state index in [2.05, 4.69) is 4.74 Å². The highest BCUT2D eigenvalue weighted by molar-refractivity contribution is 5.89. The van der Waals surface area contributed by atoms with E-state index in [0.29, 0.717) is 5.56 Å². The maximum Gasteiger partial charge on any atom is 0.416 e. The highest BCUT2D eigenvalue weighted by Gasteiger charge is 2.31. The van der Waals surface area contributed by atoms with Gasteiger partial charge >= 0.3 is 12.1 Å². The summed E-state index contributed by atoms with van der Waals surface area (Å²) in [6, 6.07) is 3.15. The van der Waals surface area contributed by atoms with Gasteiger partial charge in [-0.15, -0.1) is 0 Å². The van der Waals surface area contributed by atoms with Crippen molar-refractivity contribution in [3.8, 4) is 0 Å². The number of ether oxygens (including phenoxy) is 1. The fourth-order valence-corrected chi connectivity index (χ4v) is 1.28. The second-order valence-corrected chi connectivity index (χ2v) is 3.31. The van der Waals surface area contributed by atoms with Gasteiger partial charge in [0.25, 0.3) is 0 Å². The van der Waals surface area contributed by atoms with E-state index in [-0.39, 0.29) is 12.2 Å². The molecule has 1 rings (SSSR count). The van der Waals surface area contributed by atoms with Gasteiger partial charge in [-0.1, -0.05) is 0 Å². The summed E-state index contributed by atoms with van der Waals surface area (Å²) in [6.07, 6.45) is -4.45. The van der Waals surface area contributed by atoms with Crippen molar-refractivity contribution in [2.24, 2.45) is 0 Å². The van der Waals surface area contributed by atoms with Crippen molar-refractivity contribution >= 4 is 5.97 Å². The number of hydrogen-bond donors (Lipinski definition) is 0. The molecule has 0 amide bonds. The molecule has 0 aliphatic rings. The van der Waals surface area contributed by atoms with Crippen LogP contribution >= 0.6 is 0 Å². The largest absolute Gasteiger partial charge is 0.462 e. The van der Waals surface area contributed by atoms with Crippen molar-refractivity contribution in [2.75, 3.05) is 6.61 Å². The van der Waals surface area contributed by atoms with Crippen molar-refractivity contribution < 1.29 is 22.7 Å². The highest BCUT2D eigenvalue weighted by Crippen LogP contribution is 2.30. The maximum atomic E-state index is 12.4. The zero-order valence-electron chi connectivity index (χ0n) is 8.89. The summed E-state index contributed by atoms with van der Waals surface area (Å²) in [6.45, 7) is 3.23. The summed E-state index contributed by atoms with van der Waals surface area (Å²) < 4.78 is 42.0. The maximum absolute atomic E-state index is 12.4. The molecule has 0 saturated heterocycles. The molecule has 0 aromatic heterocycles. The van der Waals surface area contributed by atoms with E-state index < -0.39 is 17.7 Å². The van der Waals surface area contributed by atoms with Crippen LogP contribution in [0.4, 0.5) is 13.2 Å². The topological polar surface area (TPSA) is 26.3 Å². The van der Waals surface area contributed by atoms with Crippen LogP contribution in [-0.2, 0) is 10.9 Å². The molecule has 0 spiro atoms. The molecule has 0 unspecified atom stereocenters. The summed E-state index contributed by atoms with van der Waals surface area (Å²) in [5.74, 6) is -0.739. The van der Waals surface area contributed by atoms with E-state index in [9.17, 15) is 18.0 Å². The standard InChI is InChI=1S/C11H11F3O2/c1-3-16-10(15)8-4-7(2)5-9(6-8)11(12,13)14/h4-6H,3H2,1-2H3. The minimum absolute atomic E-state index is 0.0748. The minimum atomic E-state index is -4.45. The average Bonchev–Trinajstić information content (AvgIpc) is 2.16. The molecule has 0 fully saturated rings. The Kier molecular flexibility index (Phi) is 3.57. The van der Waals surface area contributed by atoms with Crippen LogP contribution in [-0.4, -0.2) is 12.6 Å². The van der Waals surface area contributed by atoms with E-state index in [1.54, 1.807) is 6.92 Å². The number of rotatable bonds is 2. The van der Waals surface area contributed by atoms with Crippen LogP contribution in [0.25, 0.3) is 0 Å². The monoisotopic (exact) mass is 232 g/mol. The van der Waals surface area contributed by atoms with Gasteiger partial charge in [0.15, 0.2) is 0 Å². The predicted molar refractivity (Wildman–Crippen MR) is 52.1 cm³/mol. The van der Waals surface area contributed by atoms with E-state index in [1.807, 2.05) is 0 Å². The molecule has 1 aromatic carbocycles. The lowest BCUT2D eigenvalue weighted by atomic mass is 10.1. The predicted octanol–water partition coefficient (Wildman–Crippen LogP) is 3.19. The lowest BCUT2D eigenvalue weighted by Gasteiger charge is -2.09. The zero-order chi connectivity index (χ0) is 12.3. The van der Waals surface area contributed by atoms with Crippen molar-refractivity contribution in [2.45, 2.75) is 20.0 Å². The number of aryl methyl sites for hydroxylation is 1. The molecule has 0 bridgehead atoms. The Morgan fingerprint density at radius 3 is 2.44 bits per heavy atom. The molecule has 0 heterocycles. The van der Waals surface area contributed by atoms with Crippen molar-refractivity contribution in [3.05, 3.63) is 34.9 Å². The van der Waals surface area contributed by atoms with Crippen LogP contribution in [0.1, 0.15) is 28.4 Å². The minimum Gasteiger partial charge on any atom is -0.462 e. The Labute approximate surface area is 91.0 Å². The fraction of sp³-hybridized carbons (Fsp3) is 0.364. The number of alkyl halides is 3. The first-order valence-corrected chi connectivity index (χ1v) is 4.70. The smallest absolute Gasteiger partial charge is 0.416 e. The van der Waals surface area contributed by atoms with E-state index >= 15 is 0 Å². The average molecular weight is 232 g/mol. The normalized spacial score (nSPS) is 11.3. The Bertz CT molecular complexity index is 397. The lowest BCUT2D eigenvalue weighted by Crippen LogP contribution is -2.10. The first-order valence-electron chi connectivity index (χ1n) is 4.70. The van der Waals surface area contributed by atoms with Gasteiger partial charge in [0.05, 0.1) is 17.7 Å². The molecule has 5 heteroatoms. The molecule has 0 radical (unpaired) electrons. The molecule has 0 atom stereocenters. The Morgan fingerprint density at radius 2 is 1.94 bits per heavy atom. The van der Waals surface area contributed by atoms with Crippen LogP contribution in [0.2, 0.25) is 0 Å². The summed E-state index contributed by atoms with van der Waals surface area (Å²) in [4.78, 5) is 11.3. The molecule has 88 valence electrons. The van der Waals surface area contributed by atoms with Gasteiger partial charge in [-0.3, -0.25) is 0 Å². The van der Waals surface area contributed by atoms with Gasteiger partial charge in [0.1, 0.15) is 0 Å². The number of hydrogen-bond acceptors (Lipinski definition) is 2. The van der Waals surface area contributed by atoms with Crippen LogP contribution < -0.4 is 0 Å². The summed E-state index contributed by atoms with van der Waals surface area (Å²) in [5, 5.41) is 0. The molecule has 0 aliphatic carbocycles. The number of esters is 1. The van der Waals surface area contributed by atoms with Gasteiger partial charge in [-0.25, -0.2) is 4.79 Å². The second-order valence-electron chi connectivity index (χ2n) is 3.31. The molecular formula is C11H11F3O2. The SMILES string of the molecule is CCOC(=O)c1cc(C)cc(C(F)(F)F)c1. The molecule has 0 N–H and O–H groups in total. The third-order valence-corrected chi connectivity index (χ3v) is 1.92. The van der Waals surface area contributed by atoms with Crippen LogP contribution in [0, 0.1) is 6.92 Å². The summed E-state index contributed by atoms with van der Waals surface area (Å²) in [7, 11) is 0. The van der Waals surface area contributed by atoms with Gasteiger partial charge in [0.2, 0.25) is 0 Å². The van der Waals surface area contributed by atoms with Crippen LogP contribution in [0.5, 0.6) is 0 Å². The van der Waals surface area contributed by atoms with Crippen LogP contribution in [0.15, 0.2) is 18.2 Å². The van der Waals surface area contributed by atoms with E-state index in [0.717, 1.165) is 12.1 Å². The Hall–Kier alpha value is -1.52. The first kappa shape index (κ1) is 12.5.